The SMILES string of the molecule is CC(=O)N(CC(C)CO)c1c(I)c(C=O)c(I)c(C(=O)NCC(O)CO)c1I. The van der Waals surface area contributed by atoms with Crippen LogP contribution in [0.4, 0.5) is 5.69 Å². The maximum absolute atomic E-state index is 12.7. The topological polar surface area (TPSA) is 127 Å². The monoisotopic (exact) mass is 730 g/mol. The van der Waals surface area contributed by atoms with Crippen LogP contribution in [0, 0.1) is 16.6 Å². The number of hydrogen-bond donors (Lipinski definition) is 4. The van der Waals surface area contributed by atoms with Crippen molar-refractivity contribution in [2.75, 3.05) is 31.2 Å². The molecule has 8 nitrogen and oxygen atoms in total. The molecule has 0 bridgehead atoms. The number of aliphatic hydroxyl groups excluding tert-OH is 3. The van der Waals surface area contributed by atoms with E-state index in [1.54, 1.807) is 6.92 Å². The van der Waals surface area contributed by atoms with Crippen molar-refractivity contribution in [3.8, 4) is 0 Å². The van der Waals surface area contributed by atoms with Crippen LogP contribution in [0.2, 0.25) is 0 Å². The molecule has 11 heteroatoms. The van der Waals surface area contributed by atoms with Gasteiger partial charge in [-0.1, -0.05) is 6.92 Å². The Morgan fingerprint density at radius 2 is 1.75 bits per heavy atom. The van der Waals surface area contributed by atoms with Crippen molar-refractivity contribution in [1.29, 1.82) is 0 Å². The fourth-order valence-electron chi connectivity index (χ4n) is 2.32. The van der Waals surface area contributed by atoms with Crippen LogP contribution in [0.25, 0.3) is 0 Å². The van der Waals surface area contributed by atoms with Gasteiger partial charge in [0.15, 0.2) is 6.29 Å². The van der Waals surface area contributed by atoms with Gasteiger partial charge in [-0.3, -0.25) is 14.4 Å². The first kappa shape index (κ1) is 25.9. The number of aliphatic hydroxyl groups is 3. The molecule has 0 radical (unpaired) electrons. The summed E-state index contributed by atoms with van der Waals surface area (Å²) < 4.78 is 1.45. The third-order valence-corrected chi connectivity index (χ3v) is 7.10. The second kappa shape index (κ2) is 11.9. The summed E-state index contributed by atoms with van der Waals surface area (Å²) in [6, 6.07) is 0. The number of carbonyl (C=O) groups excluding carboxylic acids is 3. The lowest BCUT2D eigenvalue weighted by Crippen LogP contribution is -2.37. The summed E-state index contributed by atoms with van der Waals surface area (Å²) >= 11 is 5.84. The number of nitrogens with one attached hydrogen (secondary N) is 1. The molecule has 2 unspecified atom stereocenters. The number of rotatable bonds is 9. The van der Waals surface area contributed by atoms with Gasteiger partial charge in [0.05, 0.1) is 27.5 Å². The molecule has 156 valence electrons. The summed E-state index contributed by atoms with van der Waals surface area (Å²) in [6.07, 6.45) is -0.469. The van der Waals surface area contributed by atoms with E-state index in [9.17, 15) is 24.6 Å². The summed E-state index contributed by atoms with van der Waals surface area (Å²) in [4.78, 5) is 38.2. The molecule has 0 aliphatic rings. The van der Waals surface area contributed by atoms with E-state index in [2.05, 4.69) is 5.32 Å². The molecule has 0 heterocycles. The number of halogens is 3. The van der Waals surface area contributed by atoms with E-state index in [0.29, 0.717) is 22.7 Å². The molecule has 1 rings (SSSR count). The zero-order chi connectivity index (χ0) is 21.6. The molecule has 2 amide bonds. The Morgan fingerprint density at radius 3 is 2.21 bits per heavy atom. The molecule has 2 atom stereocenters. The second-order valence-electron chi connectivity index (χ2n) is 6.16. The average Bonchev–Trinajstić information content (AvgIpc) is 2.65. The van der Waals surface area contributed by atoms with Crippen LogP contribution in [0.5, 0.6) is 0 Å². The van der Waals surface area contributed by atoms with Gasteiger partial charge in [-0.05, 0) is 73.7 Å². The summed E-state index contributed by atoms with van der Waals surface area (Å²) in [5.74, 6) is -1.01. The third kappa shape index (κ3) is 6.20. The van der Waals surface area contributed by atoms with E-state index >= 15 is 0 Å². The van der Waals surface area contributed by atoms with E-state index in [-0.39, 0.29) is 42.6 Å². The Bertz CT molecular complexity index is 759. The molecule has 0 aromatic heterocycles. The lowest BCUT2D eigenvalue weighted by atomic mass is 10.1. The smallest absolute Gasteiger partial charge is 0.253 e. The summed E-state index contributed by atoms with van der Waals surface area (Å²) in [5.41, 5.74) is 0.934. The molecule has 0 saturated carbocycles. The van der Waals surface area contributed by atoms with E-state index in [1.165, 1.54) is 11.8 Å². The van der Waals surface area contributed by atoms with Crippen LogP contribution in [0.15, 0.2) is 0 Å². The Morgan fingerprint density at radius 1 is 1.14 bits per heavy atom. The van der Waals surface area contributed by atoms with Gasteiger partial charge in [-0.2, -0.15) is 0 Å². The number of benzene rings is 1. The van der Waals surface area contributed by atoms with Crippen LogP contribution in [-0.4, -0.2) is 65.8 Å². The maximum Gasteiger partial charge on any atom is 0.253 e. The highest BCUT2D eigenvalue weighted by Gasteiger charge is 2.29. The van der Waals surface area contributed by atoms with Crippen LogP contribution < -0.4 is 10.2 Å². The largest absolute Gasteiger partial charge is 0.396 e. The number of nitrogens with zero attached hydrogens (tertiary/aromatic N) is 1. The third-order valence-electron chi connectivity index (χ3n) is 3.84. The molecular formula is C17H21I3N2O6. The molecule has 0 spiro atoms. The lowest BCUT2D eigenvalue weighted by molar-refractivity contribution is -0.116. The highest BCUT2D eigenvalue weighted by Crippen LogP contribution is 2.37. The molecule has 1 aromatic carbocycles. The predicted molar refractivity (Wildman–Crippen MR) is 130 cm³/mol. The van der Waals surface area contributed by atoms with E-state index in [4.69, 9.17) is 5.11 Å². The molecule has 4 N–H and O–H groups in total. The van der Waals surface area contributed by atoms with Gasteiger partial charge < -0.3 is 25.5 Å². The minimum atomic E-state index is -1.10. The minimum absolute atomic E-state index is 0.117. The van der Waals surface area contributed by atoms with Gasteiger partial charge >= 0.3 is 0 Å². The van der Waals surface area contributed by atoms with Crippen molar-refractivity contribution < 1.29 is 29.7 Å². The zero-order valence-corrected chi connectivity index (χ0v) is 21.7. The fourth-order valence-corrected chi connectivity index (χ4v) is 6.81. The van der Waals surface area contributed by atoms with Crippen molar-refractivity contribution >= 4 is 91.6 Å². The van der Waals surface area contributed by atoms with Gasteiger partial charge in [0.2, 0.25) is 5.91 Å². The van der Waals surface area contributed by atoms with Gasteiger partial charge in [0.1, 0.15) is 0 Å². The lowest BCUT2D eigenvalue weighted by Gasteiger charge is -2.28. The van der Waals surface area contributed by atoms with E-state index in [1.807, 2.05) is 67.8 Å². The van der Waals surface area contributed by atoms with E-state index in [0.717, 1.165) is 0 Å². The molecule has 0 fully saturated rings. The number of amides is 2. The average molecular weight is 730 g/mol. The van der Waals surface area contributed by atoms with Crippen LogP contribution in [0.3, 0.4) is 0 Å². The van der Waals surface area contributed by atoms with Crippen LogP contribution >= 0.6 is 67.8 Å². The normalized spacial score (nSPS) is 13.0. The molecule has 0 aliphatic carbocycles. The highest BCUT2D eigenvalue weighted by atomic mass is 127. The van der Waals surface area contributed by atoms with Gasteiger partial charge in [-0.15, -0.1) is 0 Å². The second-order valence-corrected chi connectivity index (χ2v) is 9.40. The number of carbonyl (C=O) groups is 3. The van der Waals surface area contributed by atoms with Crippen molar-refractivity contribution in [3.63, 3.8) is 0 Å². The zero-order valence-electron chi connectivity index (χ0n) is 15.2. The Hall–Kier alpha value is -0.100. The quantitative estimate of drug-likeness (QED) is 0.225. The van der Waals surface area contributed by atoms with E-state index < -0.39 is 18.6 Å². The molecule has 1 aromatic rings. The standard InChI is InChI=1S/C17H21I3N2O6/c1-8(5-23)4-22(9(2)26)16-14(19)11(7-25)13(18)12(15(16)20)17(28)21-3-10(27)6-24/h7-8,10,23-24,27H,3-6H2,1-2H3,(H,21,28). The van der Waals surface area contributed by atoms with Crippen LogP contribution in [0.1, 0.15) is 34.6 Å². The molecule has 28 heavy (non-hydrogen) atoms. The summed E-state index contributed by atoms with van der Waals surface area (Å²) in [6.45, 7) is 2.62. The van der Waals surface area contributed by atoms with Crippen molar-refractivity contribution in [2.45, 2.75) is 20.0 Å². The fraction of sp³-hybridized carbons (Fsp3) is 0.471. The molecular weight excluding hydrogens is 709 g/mol. The number of anilines is 1. The van der Waals surface area contributed by atoms with Crippen molar-refractivity contribution in [1.82, 2.24) is 5.32 Å². The van der Waals surface area contributed by atoms with Gasteiger partial charge in [0.25, 0.3) is 5.91 Å². The van der Waals surface area contributed by atoms with Gasteiger partial charge in [0, 0.05) is 39.3 Å². The van der Waals surface area contributed by atoms with Crippen molar-refractivity contribution in [3.05, 3.63) is 21.8 Å². The summed E-state index contributed by atoms with van der Waals surface area (Å²) in [7, 11) is 0. The van der Waals surface area contributed by atoms with Gasteiger partial charge in [-0.25, -0.2) is 0 Å². The molecule has 0 aliphatic heterocycles. The predicted octanol–water partition coefficient (Wildman–Crippen LogP) is 1.38. The first-order valence-electron chi connectivity index (χ1n) is 8.22. The number of hydrogen-bond acceptors (Lipinski definition) is 6. The first-order chi connectivity index (χ1) is 13.1. The highest BCUT2D eigenvalue weighted by molar-refractivity contribution is 14.1. The Kier molecular flexibility index (Phi) is 11.0. The maximum atomic E-state index is 12.7. The Balaban J connectivity index is 3.58. The number of aldehydes is 1. The van der Waals surface area contributed by atoms with Crippen molar-refractivity contribution in [2.24, 2.45) is 5.92 Å². The summed E-state index contributed by atoms with van der Waals surface area (Å²) in [5, 5.41) is 30.3. The first-order valence-corrected chi connectivity index (χ1v) is 11.5. The minimum Gasteiger partial charge on any atom is -0.396 e. The van der Waals surface area contributed by atoms with Crippen LogP contribution in [-0.2, 0) is 4.79 Å². The molecule has 0 saturated heterocycles. The Labute approximate surface area is 203 Å².